The molecule has 0 bridgehead atoms. The quantitative estimate of drug-likeness (QED) is 0.599. The Hall–Kier alpha value is -1.03. The highest BCUT2D eigenvalue weighted by atomic mass is 19.4. The zero-order valence-electron chi connectivity index (χ0n) is 5.65. The third-order valence-electron chi connectivity index (χ3n) is 1.28. The van der Waals surface area contributed by atoms with E-state index in [4.69, 9.17) is 0 Å². The lowest BCUT2D eigenvalue weighted by molar-refractivity contribution is -0.254. The van der Waals surface area contributed by atoms with E-state index in [0.29, 0.717) is 5.69 Å². The van der Waals surface area contributed by atoms with Gasteiger partial charge in [0.15, 0.2) is 0 Å². The van der Waals surface area contributed by atoms with Gasteiger partial charge in [-0.2, -0.15) is 13.2 Å². The Bertz CT molecular complexity index is 237. The molecule has 0 unspecified atom stereocenters. The van der Waals surface area contributed by atoms with Gasteiger partial charge in [0.2, 0.25) is 0 Å². The average molecular weight is 162 g/mol. The first-order valence-electron chi connectivity index (χ1n) is 2.99. The van der Waals surface area contributed by atoms with Crippen molar-refractivity contribution in [1.29, 1.82) is 0 Å². The van der Waals surface area contributed by atoms with E-state index in [9.17, 15) is 13.2 Å². The molecule has 60 valence electrons. The zero-order valence-corrected chi connectivity index (χ0v) is 5.65. The van der Waals surface area contributed by atoms with Crippen LogP contribution >= 0.6 is 0 Å². The molecule has 4 heteroatoms. The molecule has 0 aliphatic carbocycles. The van der Waals surface area contributed by atoms with Gasteiger partial charge in [-0.25, -0.2) is 0 Å². The van der Waals surface area contributed by atoms with E-state index in [2.05, 4.69) is 5.73 Å². The minimum absolute atomic E-state index is 0.581. The summed E-state index contributed by atoms with van der Waals surface area (Å²) in [6.45, 7) is 0. The van der Waals surface area contributed by atoms with Crippen LogP contribution in [0.1, 0.15) is 5.56 Å². The Labute approximate surface area is 61.6 Å². The zero-order chi connectivity index (χ0) is 8.48. The van der Waals surface area contributed by atoms with Gasteiger partial charge >= 0.3 is 6.18 Å². The van der Waals surface area contributed by atoms with Crippen LogP contribution in [0.25, 0.3) is 0 Å². The molecule has 11 heavy (non-hydrogen) atoms. The first-order chi connectivity index (χ1) is 5.00. The molecule has 0 spiro atoms. The average Bonchev–Trinajstić information content (AvgIpc) is 1.86. The van der Waals surface area contributed by atoms with Gasteiger partial charge in [-0.3, -0.25) is 0 Å². The monoisotopic (exact) mass is 162 g/mol. The van der Waals surface area contributed by atoms with Crippen LogP contribution in [0.4, 0.5) is 18.9 Å². The summed E-state index contributed by atoms with van der Waals surface area (Å²) in [6, 6.07) is 4.70. The molecule has 1 nitrogen and oxygen atoms in total. The van der Waals surface area contributed by atoms with Gasteiger partial charge in [0.25, 0.3) is 0 Å². The molecule has 0 amide bonds. The van der Waals surface area contributed by atoms with Gasteiger partial charge in [-0.05, 0) is 24.3 Å². The van der Waals surface area contributed by atoms with Gasteiger partial charge in [0, 0.05) is 0 Å². The van der Waals surface area contributed by atoms with E-state index in [1.54, 1.807) is 0 Å². The number of benzene rings is 1. The van der Waals surface area contributed by atoms with Crippen LogP contribution in [0.5, 0.6) is 0 Å². The normalized spacial score (nSPS) is 11.6. The predicted molar refractivity (Wildman–Crippen MR) is 34.0 cm³/mol. The first kappa shape index (κ1) is 8.07. The molecule has 3 N–H and O–H groups in total. The maximum absolute atomic E-state index is 11.9. The van der Waals surface area contributed by atoms with Gasteiger partial charge in [-0.1, -0.05) is 0 Å². The molecule has 0 aromatic heterocycles. The molecular formula is C7H7F3N+. The van der Waals surface area contributed by atoms with Crippen LogP contribution in [0.2, 0.25) is 0 Å². The maximum Gasteiger partial charge on any atom is 0.416 e. The summed E-state index contributed by atoms with van der Waals surface area (Å²) < 4.78 is 35.7. The van der Waals surface area contributed by atoms with Crippen molar-refractivity contribution in [2.75, 3.05) is 0 Å². The van der Waals surface area contributed by atoms with Crippen molar-refractivity contribution in [3.05, 3.63) is 29.8 Å². The number of rotatable bonds is 0. The molecular weight excluding hydrogens is 155 g/mol. The van der Waals surface area contributed by atoms with Crippen LogP contribution < -0.4 is 5.73 Å². The fourth-order valence-corrected chi connectivity index (χ4v) is 0.694. The molecule has 0 atom stereocenters. The van der Waals surface area contributed by atoms with E-state index in [1.807, 2.05) is 0 Å². The SMILES string of the molecule is [NH3+]c1ccc(C(F)(F)F)cc1. The van der Waals surface area contributed by atoms with Crippen molar-refractivity contribution < 1.29 is 18.9 Å². The minimum atomic E-state index is -4.24. The Balaban J connectivity index is 2.99. The number of quaternary nitrogens is 1. The van der Waals surface area contributed by atoms with Crippen molar-refractivity contribution >= 4 is 5.69 Å². The van der Waals surface area contributed by atoms with E-state index >= 15 is 0 Å². The summed E-state index contributed by atoms with van der Waals surface area (Å²) in [5.41, 5.74) is 3.42. The van der Waals surface area contributed by atoms with Crippen molar-refractivity contribution in [3.63, 3.8) is 0 Å². The topological polar surface area (TPSA) is 27.6 Å². The Kier molecular flexibility index (Phi) is 1.87. The lowest BCUT2D eigenvalue weighted by atomic mass is 10.2. The van der Waals surface area contributed by atoms with Crippen molar-refractivity contribution in [2.45, 2.75) is 6.18 Å². The molecule has 1 aromatic rings. The number of halogens is 3. The highest BCUT2D eigenvalue weighted by Gasteiger charge is 2.29. The lowest BCUT2D eigenvalue weighted by Gasteiger charge is -2.04. The standard InChI is InChI=1S/C7H6F3N/c8-7(9,10)5-1-3-6(11)4-2-5/h1-4H,11H2/p+1. The summed E-state index contributed by atoms with van der Waals surface area (Å²) >= 11 is 0. The molecule has 0 saturated carbocycles. The highest BCUT2D eigenvalue weighted by Crippen LogP contribution is 2.28. The van der Waals surface area contributed by atoms with Gasteiger partial charge in [0.05, 0.1) is 5.56 Å². The highest BCUT2D eigenvalue weighted by molar-refractivity contribution is 5.32. The molecule has 1 rings (SSSR count). The number of hydrogen-bond acceptors (Lipinski definition) is 0. The second-order valence-corrected chi connectivity index (χ2v) is 2.19. The fourth-order valence-electron chi connectivity index (χ4n) is 0.694. The predicted octanol–water partition coefficient (Wildman–Crippen LogP) is 1.58. The van der Waals surface area contributed by atoms with Crippen LogP contribution in [0, 0.1) is 0 Å². The second-order valence-electron chi connectivity index (χ2n) is 2.19. The third kappa shape index (κ3) is 1.94. The van der Waals surface area contributed by atoms with Crippen molar-refractivity contribution in [1.82, 2.24) is 0 Å². The second kappa shape index (κ2) is 2.54. The molecule has 1 aromatic carbocycles. The summed E-state index contributed by atoms with van der Waals surface area (Å²) in [5, 5.41) is 0. The third-order valence-corrected chi connectivity index (χ3v) is 1.28. The lowest BCUT2D eigenvalue weighted by Crippen LogP contribution is -2.39. The Morgan fingerprint density at radius 1 is 1.00 bits per heavy atom. The van der Waals surface area contributed by atoms with Gasteiger partial charge in [-0.15, -0.1) is 0 Å². The maximum atomic E-state index is 11.9. The fraction of sp³-hybridized carbons (Fsp3) is 0.143. The molecule has 0 heterocycles. The first-order valence-corrected chi connectivity index (χ1v) is 2.99. The summed E-state index contributed by atoms with van der Waals surface area (Å²) in [4.78, 5) is 0. The van der Waals surface area contributed by atoms with Crippen LogP contribution in [-0.2, 0) is 6.18 Å². The van der Waals surface area contributed by atoms with Crippen LogP contribution in [-0.4, -0.2) is 0 Å². The van der Waals surface area contributed by atoms with Crippen molar-refractivity contribution in [2.24, 2.45) is 0 Å². The molecule has 0 fully saturated rings. The van der Waals surface area contributed by atoms with Crippen LogP contribution in [0.15, 0.2) is 24.3 Å². The van der Waals surface area contributed by atoms with E-state index in [1.165, 1.54) is 12.1 Å². The number of hydrogen-bond donors (Lipinski definition) is 1. The summed E-state index contributed by atoms with van der Waals surface area (Å²) in [7, 11) is 0. The Morgan fingerprint density at radius 2 is 1.45 bits per heavy atom. The molecule has 0 aliphatic heterocycles. The van der Waals surface area contributed by atoms with Crippen LogP contribution in [0.3, 0.4) is 0 Å². The minimum Gasteiger partial charge on any atom is -0.325 e. The molecule has 0 radical (unpaired) electrons. The van der Waals surface area contributed by atoms with Gasteiger partial charge in [0.1, 0.15) is 5.69 Å². The molecule has 0 saturated heterocycles. The Morgan fingerprint density at radius 3 is 1.82 bits per heavy atom. The summed E-state index contributed by atoms with van der Waals surface area (Å²) in [5.74, 6) is 0. The van der Waals surface area contributed by atoms with Gasteiger partial charge < -0.3 is 5.73 Å². The van der Waals surface area contributed by atoms with E-state index < -0.39 is 11.7 Å². The van der Waals surface area contributed by atoms with E-state index in [0.717, 1.165) is 12.1 Å². The molecule has 0 aliphatic rings. The number of alkyl halides is 3. The van der Waals surface area contributed by atoms with E-state index in [-0.39, 0.29) is 0 Å². The van der Waals surface area contributed by atoms with Crippen molar-refractivity contribution in [3.8, 4) is 0 Å². The smallest absolute Gasteiger partial charge is 0.325 e. The largest absolute Gasteiger partial charge is 0.416 e. The summed E-state index contributed by atoms with van der Waals surface area (Å²) in [6.07, 6.45) is -4.24.